The zero-order chi connectivity index (χ0) is 24.0. The number of anilines is 2. The van der Waals surface area contributed by atoms with Gasteiger partial charge in [0.25, 0.3) is 5.91 Å². The number of hydrogen-bond acceptors (Lipinski definition) is 7. The monoisotopic (exact) mass is 469 g/mol. The molecule has 33 heavy (non-hydrogen) atoms. The molecular formula is C24H27N3O5S. The predicted octanol–water partition coefficient (Wildman–Crippen LogP) is 5.88. The van der Waals surface area contributed by atoms with Crippen molar-refractivity contribution in [3.05, 3.63) is 65.5 Å². The number of carbonyl (C=O) groups is 2. The summed E-state index contributed by atoms with van der Waals surface area (Å²) in [5, 5.41) is 9.43. The maximum Gasteiger partial charge on any atom is 0.412 e. The van der Waals surface area contributed by atoms with Crippen LogP contribution >= 0.6 is 11.8 Å². The Morgan fingerprint density at radius 3 is 2.52 bits per heavy atom. The van der Waals surface area contributed by atoms with Gasteiger partial charge < -0.3 is 19.3 Å². The Kier molecular flexibility index (Phi) is 7.65. The summed E-state index contributed by atoms with van der Waals surface area (Å²) in [5.74, 6) is 1.45. The van der Waals surface area contributed by atoms with Gasteiger partial charge in [-0.15, -0.1) is 11.8 Å². The third-order valence-corrected chi connectivity index (χ3v) is 5.37. The lowest BCUT2D eigenvalue weighted by Gasteiger charge is -2.20. The van der Waals surface area contributed by atoms with Crippen molar-refractivity contribution in [1.29, 1.82) is 0 Å². The van der Waals surface area contributed by atoms with Crippen LogP contribution in [0.4, 0.5) is 16.2 Å². The first-order valence-corrected chi connectivity index (χ1v) is 11.3. The number of nitrogens with zero attached hydrogens (tertiary/aromatic N) is 1. The Morgan fingerprint density at radius 1 is 1.09 bits per heavy atom. The second-order valence-corrected chi connectivity index (χ2v) is 9.23. The zero-order valence-corrected chi connectivity index (χ0v) is 20.0. The molecule has 2 N–H and O–H groups in total. The van der Waals surface area contributed by atoms with Gasteiger partial charge in [0.2, 0.25) is 0 Å². The van der Waals surface area contributed by atoms with E-state index < -0.39 is 11.7 Å². The number of ether oxygens (including phenoxy) is 2. The number of aromatic nitrogens is 1. The van der Waals surface area contributed by atoms with Gasteiger partial charge in [-0.2, -0.15) is 0 Å². The summed E-state index contributed by atoms with van der Waals surface area (Å²) < 4.78 is 15.9. The van der Waals surface area contributed by atoms with Gasteiger partial charge in [0, 0.05) is 16.6 Å². The molecule has 8 nitrogen and oxygen atoms in total. The molecule has 2 aromatic carbocycles. The van der Waals surface area contributed by atoms with E-state index in [0.717, 1.165) is 16.3 Å². The summed E-state index contributed by atoms with van der Waals surface area (Å²) in [4.78, 5) is 26.0. The van der Waals surface area contributed by atoms with E-state index in [2.05, 4.69) is 15.8 Å². The summed E-state index contributed by atoms with van der Waals surface area (Å²) in [6.07, 6.45) is -0.617. The molecule has 0 aliphatic heterocycles. The maximum atomic E-state index is 13.0. The molecule has 3 rings (SSSR count). The second kappa shape index (κ2) is 10.4. The van der Waals surface area contributed by atoms with Gasteiger partial charge in [-0.05, 0) is 58.0 Å². The Hall–Kier alpha value is -3.46. The van der Waals surface area contributed by atoms with E-state index in [0.29, 0.717) is 28.4 Å². The van der Waals surface area contributed by atoms with Gasteiger partial charge >= 0.3 is 6.09 Å². The maximum absolute atomic E-state index is 13.0. The highest BCUT2D eigenvalue weighted by Crippen LogP contribution is 2.30. The van der Waals surface area contributed by atoms with Crippen molar-refractivity contribution >= 4 is 35.1 Å². The molecule has 1 heterocycles. The number of aryl methyl sites for hydroxylation is 1. The summed E-state index contributed by atoms with van der Waals surface area (Å²) in [7, 11) is 1.50. The van der Waals surface area contributed by atoms with Gasteiger partial charge in [-0.1, -0.05) is 17.3 Å². The van der Waals surface area contributed by atoms with Gasteiger partial charge in [-0.25, -0.2) is 4.79 Å². The standard InChI is InChI=1S/C24H27N3O5S/c1-15-12-17(32-27-15)14-33-21-9-7-6-8-18(21)22(28)25-16-10-11-20(30-5)19(13-16)26-23(29)31-24(2,3)4/h6-13H,14H2,1-5H3,(H,25,28)(H,26,29). The molecule has 0 aliphatic carbocycles. The fraction of sp³-hybridized carbons (Fsp3) is 0.292. The minimum absolute atomic E-state index is 0.278. The summed E-state index contributed by atoms with van der Waals surface area (Å²) in [6, 6.07) is 14.2. The fourth-order valence-electron chi connectivity index (χ4n) is 2.91. The molecule has 3 aromatic rings. The molecule has 0 saturated heterocycles. The lowest BCUT2D eigenvalue weighted by molar-refractivity contribution is 0.0635. The van der Waals surface area contributed by atoms with Crippen molar-refractivity contribution in [1.82, 2.24) is 5.16 Å². The molecule has 0 spiro atoms. The molecular weight excluding hydrogens is 442 g/mol. The molecule has 0 unspecified atom stereocenters. The van der Waals surface area contributed by atoms with E-state index in [1.54, 1.807) is 51.1 Å². The molecule has 0 fully saturated rings. The first-order valence-electron chi connectivity index (χ1n) is 10.3. The molecule has 0 saturated carbocycles. The van der Waals surface area contributed by atoms with Crippen LogP contribution in [0.2, 0.25) is 0 Å². The second-order valence-electron chi connectivity index (χ2n) is 8.22. The fourth-order valence-corrected chi connectivity index (χ4v) is 3.83. The molecule has 0 aliphatic rings. The lowest BCUT2D eigenvalue weighted by Crippen LogP contribution is -2.27. The highest BCUT2D eigenvalue weighted by atomic mass is 32.2. The van der Waals surface area contributed by atoms with Gasteiger partial charge in [-0.3, -0.25) is 10.1 Å². The third-order valence-electron chi connectivity index (χ3n) is 4.27. The highest BCUT2D eigenvalue weighted by Gasteiger charge is 2.19. The molecule has 9 heteroatoms. The third kappa shape index (κ3) is 7.01. The SMILES string of the molecule is COc1ccc(NC(=O)c2ccccc2SCc2cc(C)no2)cc1NC(=O)OC(C)(C)C. The Bertz CT molecular complexity index is 1140. The number of benzene rings is 2. The molecule has 0 radical (unpaired) electrons. The average molecular weight is 470 g/mol. The number of thioether (sulfide) groups is 1. The Labute approximate surface area is 197 Å². The van der Waals surface area contributed by atoms with Crippen molar-refractivity contribution in [2.45, 2.75) is 43.9 Å². The smallest absolute Gasteiger partial charge is 0.412 e. The minimum atomic E-state index is -0.644. The summed E-state index contributed by atoms with van der Waals surface area (Å²) in [6.45, 7) is 7.19. The van der Waals surface area contributed by atoms with Crippen LogP contribution in [0, 0.1) is 6.92 Å². The van der Waals surface area contributed by atoms with Crippen molar-refractivity contribution in [2.75, 3.05) is 17.7 Å². The van der Waals surface area contributed by atoms with E-state index in [1.165, 1.54) is 18.9 Å². The van der Waals surface area contributed by atoms with E-state index in [4.69, 9.17) is 14.0 Å². The largest absolute Gasteiger partial charge is 0.495 e. The van der Waals surface area contributed by atoms with E-state index >= 15 is 0 Å². The zero-order valence-electron chi connectivity index (χ0n) is 19.2. The van der Waals surface area contributed by atoms with Crippen LogP contribution in [0.15, 0.2) is 57.9 Å². The number of amides is 2. The predicted molar refractivity (Wildman–Crippen MR) is 128 cm³/mol. The topological polar surface area (TPSA) is 103 Å². The van der Waals surface area contributed by atoms with Crippen LogP contribution in [0.5, 0.6) is 5.75 Å². The molecule has 0 atom stereocenters. The van der Waals surface area contributed by atoms with Crippen LogP contribution in [-0.2, 0) is 10.5 Å². The first-order chi connectivity index (χ1) is 15.6. The lowest BCUT2D eigenvalue weighted by atomic mass is 10.2. The van der Waals surface area contributed by atoms with Crippen molar-refractivity contribution in [3.63, 3.8) is 0 Å². The van der Waals surface area contributed by atoms with Gasteiger partial charge in [0.15, 0.2) is 0 Å². The van der Waals surface area contributed by atoms with Crippen LogP contribution < -0.4 is 15.4 Å². The van der Waals surface area contributed by atoms with E-state index in [-0.39, 0.29) is 5.91 Å². The number of rotatable bonds is 7. The number of methoxy groups -OCH3 is 1. The van der Waals surface area contributed by atoms with Crippen LogP contribution in [-0.4, -0.2) is 29.9 Å². The van der Waals surface area contributed by atoms with E-state index in [1.807, 2.05) is 25.1 Å². The van der Waals surface area contributed by atoms with Crippen molar-refractivity contribution in [3.8, 4) is 5.75 Å². The molecule has 2 amide bonds. The highest BCUT2D eigenvalue weighted by molar-refractivity contribution is 7.98. The van der Waals surface area contributed by atoms with Gasteiger partial charge in [0.1, 0.15) is 17.1 Å². The van der Waals surface area contributed by atoms with Crippen LogP contribution in [0.1, 0.15) is 42.6 Å². The van der Waals surface area contributed by atoms with Crippen LogP contribution in [0.3, 0.4) is 0 Å². The quantitative estimate of drug-likeness (QED) is 0.416. The van der Waals surface area contributed by atoms with Crippen LogP contribution in [0.25, 0.3) is 0 Å². The summed E-state index contributed by atoms with van der Waals surface area (Å²) >= 11 is 1.49. The first kappa shape index (κ1) is 24.2. The number of carbonyl (C=O) groups excluding carboxylic acids is 2. The Balaban J connectivity index is 1.74. The molecule has 1 aromatic heterocycles. The average Bonchev–Trinajstić information content (AvgIpc) is 3.16. The van der Waals surface area contributed by atoms with Crippen molar-refractivity contribution < 1.29 is 23.6 Å². The Morgan fingerprint density at radius 2 is 1.85 bits per heavy atom. The normalized spacial score (nSPS) is 11.1. The van der Waals surface area contributed by atoms with E-state index in [9.17, 15) is 9.59 Å². The van der Waals surface area contributed by atoms with Gasteiger partial charge in [0.05, 0.1) is 29.8 Å². The molecule has 174 valence electrons. The molecule has 0 bridgehead atoms. The number of hydrogen-bond donors (Lipinski definition) is 2. The van der Waals surface area contributed by atoms with Crippen molar-refractivity contribution in [2.24, 2.45) is 0 Å². The number of nitrogens with one attached hydrogen (secondary N) is 2. The minimum Gasteiger partial charge on any atom is -0.495 e. The summed E-state index contributed by atoms with van der Waals surface area (Å²) in [5.41, 5.74) is 1.57.